The van der Waals surface area contributed by atoms with Gasteiger partial charge in [0.05, 0.1) is 0 Å². The highest BCUT2D eigenvalue weighted by molar-refractivity contribution is 9.10. The third-order valence-electron chi connectivity index (χ3n) is 2.02. The van der Waals surface area contributed by atoms with Crippen LogP contribution in [0.1, 0.15) is 16.7 Å². The lowest BCUT2D eigenvalue weighted by atomic mass is 10.0. The summed E-state index contributed by atoms with van der Waals surface area (Å²) in [6.07, 6.45) is 0.723. The SMILES string of the molecule is Cc1cc(Br)cc(C)c1CNC=O. The van der Waals surface area contributed by atoms with E-state index in [1.54, 1.807) is 0 Å². The van der Waals surface area contributed by atoms with Crippen LogP contribution in [0.25, 0.3) is 0 Å². The van der Waals surface area contributed by atoms with E-state index in [1.807, 2.05) is 13.8 Å². The lowest BCUT2D eigenvalue weighted by Gasteiger charge is -2.09. The van der Waals surface area contributed by atoms with Crippen LogP contribution >= 0.6 is 15.9 Å². The molecule has 0 saturated carbocycles. The number of amides is 1. The summed E-state index contributed by atoms with van der Waals surface area (Å²) >= 11 is 3.43. The molecule has 1 rings (SSSR count). The van der Waals surface area contributed by atoms with Gasteiger partial charge in [-0.3, -0.25) is 4.79 Å². The Balaban J connectivity index is 2.98. The molecule has 0 bridgehead atoms. The molecule has 0 radical (unpaired) electrons. The third kappa shape index (κ3) is 2.56. The van der Waals surface area contributed by atoms with Crippen LogP contribution in [0.4, 0.5) is 0 Å². The van der Waals surface area contributed by atoms with Gasteiger partial charge in [-0.2, -0.15) is 0 Å². The van der Waals surface area contributed by atoms with E-state index in [1.165, 1.54) is 16.7 Å². The van der Waals surface area contributed by atoms with Crippen molar-refractivity contribution in [3.05, 3.63) is 33.3 Å². The van der Waals surface area contributed by atoms with Gasteiger partial charge in [0.1, 0.15) is 0 Å². The molecule has 0 saturated heterocycles. The molecule has 0 unspecified atom stereocenters. The van der Waals surface area contributed by atoms with Crippen LogP contribution in [0.15, 0.2) is 16.6 Å². The number of nitrogens with one attached hydrogen (secondary N) is 1. The zero-order chi connectivity index (χ0) is 9.84. The molecule has 0 aliphatic rings. The summed E-state index contributed by atoms with van der Waals surface area (Å²) in [6, 6.07) is 4.10. The summed E-state index contributed by atoms with van der Waals surface area (Å²) < 4.78 is 1.08. The Kier molecular flexibility index (Phi) is 3.48. The van der Waals surface area contributed by atoms with Crippen LogP contribution in [0.2, 0.25) is 0 Å². The van der Waals surface area contributed by atoms with Crippen LogP contribution in [-0.2, 0) is 11.3 Å². The number of aryl methyl sites for hydroxylation is 2. The molecule has 13 heavy (non-hydrogen) atoms. The fourth-order valence-corrected chi connectivity index (χ4v) is 2.05. The van der Waals surface area contributed by atoms with E-state index < -0.39 is 0 Å². The van der Waals surface area contributed by atoms with Crippen molar-refractivity contribution < 1.29 is 4.79 Å². The Bertz CT molecular complexity index is 300. The minimum absolute atomic E-state index is 0.606. The predicted octanol–water partition coefficient (Wildman–Crippen LogP) is 2.31. The minimum Gasteiger partial charge on any atom is -0.355 e. The van der Waals surface area contributed by atoms with Gasteiger partial charge in [0.15, 0.2) is 0 Å². The molecule has 2 nitrogen and oxygen atoms in total. The van der Waals surface area contributed by atoms with E-state index in [0.29, 0.717) is 6.54 Å². The van der Waals surface area contributed by atoms with Crippen LogP contribution < -0.4 is 5.32 Å². The zero-order valence-electron chi connectivity index (χ0n) is 7.73. The van der Waals surface area contributed by atoms with Crippen molar-refractivity contribution >= 4 is 22.3 Å². The van der Waals surface area contributed by atoms with Gasteiger partial charge in [0.25, 0.3) is 0 Å². The van der Waals surface area contributed by atoms with E-state index in [-0.39, 0.29) is 0 Å². The third-order valence-corrected chi connectivity index (χ3v) is 2.48. The molecule has 0 aliphatic carbocycles. The Hall–Kier alpha value is -0.830. The van der Waals surface area contributed by atoms with Crippen LogP contribution in [-0.4, -0.2) is 6.41 Å². The van der Waals surface area contributed by atoms with Crippen molar-refractivity contribution in [2.75, 3.05) is 0 Å². The van der Waals surface area contributed by atoms with Crippen LogP contribution in [0, 0.1) is 13.8 Å². The first-order valence-electron chi connectivity index (χ1n) is 4.08. The summed E-state index contributed by atoms with van der Waals surface area (Å²) in [7, 11) is 0. The van der Waals surface area contributed by atoms with Gasteiger partial charge < -0.3 is 5.32 Å². The number of halogens is 1. The maximum atomic E-state index is 10.1. The first kappa shape index (κ1) is 10.3. The average molecular weight is 242 g/mol. The molecular formula is C10H12BrNO. The van der Waals surface area contributed by atoms with Crippen LogP contribution in [0.3, 0.4) is 0 Å². The van der Waals surface area contributed by atoms with Crippen molar-refractivity contribution in [3.8, 4) is 0 Å². The molecular weight excluding hydrogens is 230 g/mol. The molecule has 0 atom stereocenters. The second kappa shape index (κ2) is 4.42. The number of rotatable bonds is 3. The van der Waals surface area contributed by atoms with E-state index in [2.05, 4.69) is 33.4 Å². The molecule has 1 N–H and O–H groups in total. The predicted molar refractivity (Wildman–Crippen MR) is 56.5 cm³/mol. The van der Waals surface area contributed by atoms with Crippen molar-refractivity contribution in [3.63, 3.8) is 0 Å². The van der Waals surface area contributed by atoms with Gasteiger partial charge >= 0.3 is 0 Å². The Labute approximate surface area is 86.5 Å². The molecule has 70 valence electrons. The highest BCUT2D eigenvalue weighted by atomic mass is 79.9. The monoisotopic (exact) mass is 241 g/mol. The Morgan fingerprint density at radius 2 is 1.92 bits per heavy atom. The number of hydrogen-bond acceptors (Lipinski definition) is 1. The van der Waals surface area contributed by atoms with E-state index in [4.69, 9.17) is 0 Å². The maximum absolute atomic E-state index is 10.1. The fraction of sp³-hybridized carbons (Fsp3) is 0.300. The van der Waals surface area contributed by atoms with Gasteiger partial charge in [-0.25, -0.2) is 0 Å². The summed E-state index contributed by atoms with van der Waals surface area (Å²) in [4.78, 5) is 10.1. The van der Waals surface area contributed by atoms with Crippen molar-refractivity contribution in [1.29, 1.82) is 0 Å². The summed E-state index contributed by atoms with van der Waals surface area (Å²) in [6.45, 7) is 4.69. The van der Waals surface area contributed by atoms with E-state index >= 15 is 0 Å². The molecule has 0 heterocycles. The fourth-order valence-electron chi connectivity index (χ4n) is 1.36. The molecule has 0 fully saturated rings. The second-order valence-electron chi connectivity index (χ2n) is 3.02. The number of benzene rings is 1. The first-order chi connectivity index (χ1) is 6.15. The summed E-state index contributed by atoms with van der Waals surface area (Å²) in [5, 5.41) is 2.67. The van der Waals surface area contributed by atoms with Gasteiger partial charge in [0, 0.05) is 11.0 Å². The number of carbonyl (C=O) groups is 1. The van der Waals surface area contributed by atoms with Gasteiger partial charge in [0.2, 0.25) is 6.41 Å². The summed E-state index contributed by atoms with van der Waals surface area (Å²) in [5.74, 6) is 0. The molecule has 0 aromatic heterocycles. The lowest BCUT2D eigenvalue weighted by Crippen LogP contribution is -2.12. The molecule has 1 amide bonds. The van der Waals surface area contributed by atoms with E-state index in [0.717, 1.165) is 10.9 Å². The second-order valence-corrected chi connectivity index (χ2v) is 3.93. The lowest BCUT2D eigenvalue weighted by molar-refractivity contribution is -0.109. The maximum Gasteiger partial charge on any atom is 0.207 e. The highest BCUT2D eigenvalue weighted by Gasteiger charge is 2.02. The number of hydrogen-bond donors (Lipinski definition) is 1. The molecule has 0 aliphatic heterocycles. The average Bonchev–Trinajstić information content (AvgIpc) is 2.02. The van der Waals surface area contributed by atoms with Gasteiger partial charge in [-0.15, -0.1) is 0 Å². The highest BCUT2D eigenvalue weighted by Crippen LogP contribution is 2.20. The molecule has 0 spiro atoms. The van der Waals surface area contributed by atoms with Gasteiger partial charge in [-0.05, 0) is 42.7 Å². The first-order valence-corrected chi connectivity index (χ1v) is 4.87. The van der Waals surface area contributed by atoms with Crippen LogP contribution in [0.5, 0.6) is 0 Å². The number of carbonyl (C=O) groups excluding carboxylic acids is 1. The quantitative estimate of drug-likeness (QED) is 0.809. The largest absolute Gasteiger partial charge is 0.355 e. The van der Waals surface area contributed by atoms with Crippen molar-refractivity contribution in [1.82, 2.24) is 5.32 Å². The summed E-state index contributed by atoms with van der Waals surface area (Å²) in [5.41, 5.74) is 3.58. The topological polar surface area (TPSA) is 29.1 Å². The molecule has 1 aromatic carbocycles. The standard InChI is InChI=1S/C10H12BrNO/c1-7-3-9(11)4-8(2)10(7)5-12-6-13/h3-4,6H,5H2,1-2H3,(H,12,13). The minimum atomic E-state index is 0.606. The Morgan fingerprint density at radius 1 is 1.38 bits per heavy atom. The molecule has 3 heteroatoms. The molecule has 1 aromatic rings. The Morgan fingerprint density at radius 3 is 2.38 bits per heavy atom. The smallest absolute Gasteiger partial charge is 0.207 e. The van der Waals surface area contributed by atoms with Crippen molar-refractivity contribution in [2.45, 2.75) is 20.4 Å². The zero-order valence-corrected chi connectivity index (χ0v) is 9.31. The van der Waals surface area contributed by atoms with E-state index in [9.17, 15) is 4.79 Å². The normalized spacial score (nSPS) is 9.77. The van der Waals surface area contributed by atoms with Gasteiger partial charge in [-0.1, -0.05) is 15.9 Å². The van der Waals surface area contributed by atoms with Crippen molar-refractivity contribution in [2.24, 2.45) is 0 Å².